The first-order chi connectivity index (χ1) is 9.98. The van der Waals surface area contributed by atoms with E-state index in [1.165, 1.54) is 12.7 Å². The largest absolute Gasteiger partial charge is 0.469 e. The predicted octanol–water partition coefficient (Wildman–Crippen LogP) is 3.01. The summed E-state index contributed by atoms with van der Waals surface area (Å²) in [5.74, 6) is -0.319. The van der Waals surface area contributed by atoms with Gasteiger partial charge in [0.2, 0.25) is 0 Å². The highest BCUT2D eigenvalue weighted by Gasteiger charge is 2.60. The van der Waals surface area contributed by atoms with E-state index in [9.17, 15) is 9.90 Å². The highest BCUT2D eigenvalue weighted by molar-refractivity contribution is 5.81. The molecule has 0 radical (unpaired) electrons. The van der Waals surface area contributed by atoms with Gasteiger partial charge in [0.25, 0.3) is 0 Å². The number of hydrogen-bond acceptors (Lipinski definition) is 3. The molecule has 1 aromatic rings. The monoisotopic (exact) mass is 288 g/mol. The molecule has 1 N–H and O–H groups in total. The summed E-state index contributed by atoms with van der Waals surface area (Å²) in [6.07, 6.45) is 3.12. The van der Waals surface area contributed by atoms with Crippen LogP contribution < -0.4 is 0 Å². The third-order valence-corrected chi connectivity index (χ3v) is 5.94. The quantitative estimate of drug-likeness (QED) is 0.851. The average molecular weight is 288 g/mol. The van der Waals surface area contributed by atoms with Crippen LogP contribution in [0.2, 0.25) is 0 Å². The SMILES string of the molecule is COC(=O)C1c2ccccc2C2(C)CCCC(C)(CO)C12. The van der Waals surface area contributed by atoms with Crippen LogP contribution in [0.1, 0.15) is 50.2 Å². The summed E-state index contributed by atoms with van der Waals surface area (Å²) in [6, 6.07) is 8.24. The smallest absolute Gasteiger partial charge is 0.313 e. The molecule has 1 fully saturated rings. The summed E-state index contributed by atoms with van der Waals surface area (Å²) >= 11 is 0. The molecule has 0 spiro atoms. The Labute approximate surface area is 126 Å². The van der Waals surface area contributed by atoms with Crippen molar-refractivity contribution in [3.8, 4) is 0 Å². The average Bonchev–Trinajstić information content (AvgIpc) is 2.78. The Morgan fingerprint density at radius 3 is 2.71 bits per heavy atom. The van der Waals surface area contributed by atoms with E-state index in [2.05, 4.69) is 26.0 Å². The van der Waals surface area contributed by atoms with E-state index < -0.39 is 0 Å². The van der Waals surface area contributed by atoms with E-state index in [1.54, 1.807) is 0 Å². The zero-order valence-corrected chi connectivity index (χ0v) is 13.1. The Kier molecular flexibility index (Phi) is 3.36. The van der Waals surface area contributed by atoms with Crippen molar-refractivity contribution in [1.29, 1.82) is 0 Å². The number of methoxy groups -OCH3 is 1. The lowest BCUT2D eigenvalue weighted by Gasteiger charge is -2.50. The summed E-state index contributed by atoms with van der Waals surface area (Å²) in [6.45, 7) is 4.50. The van der Waals surface area contributed by atoms with Crippen LogP contribution in [0.4, 0.5) is 0 Å². The van der Waals surface area contributed by atoms with Crippen LogP contribution in [-0.4, -0.2) is 24.8 Å². The van der Waals surface area contributed by atoms with Gasteiger partial charge < -0.3 is 9.84 Å². The second-order valence-corrected chi connectivity index (χ2v) is 7.15. The molecule has 1 saturated carbocycles. The maximum atomic E-state index is 12.5. The molecule has 2 aliphatic rings. The number of rotatable bonds is 2. The van der Waals surface area contributed by atoms with Gasteiger partial charge in [-0.2, -0.15) is 0 Å². The highest BCUT2D eigenvalue weighted by atomic mass is 16.5. The van der Waals surface area contributed by atoms with E-state index in [4.69, 9.17) is 4.74 Å². The first-order valence-electron chi connectivity index (χ1n) is 7.76. The molecule has 4 unspecified atom stereocenters. The van der Waals surface area contributed by atoms with Gasteiger partial charge in [-0.1, -0.05) is 44.5 Å². The van der Waals surface area contributed by atoms with Crippen LogP contribution in [0, 0.1) is 11.3 Å². The maximum Gasteiger partial charge on any atom is 0.313 e. The molecule has 114 valence electrons. The molecule has 2 aliphatic carbocycles. The van der Waals surface area contributed by atoms with Crippen molar-refractivity contribution in [3.05, 3.63) is 35.4 Å². The summed E-state index contributed by atoms with van der Waals surface area (Å²) in [7, 11) is 1.46. The van der Waals surface area contributed by atoms with Crippen molar-refractivity contribution in [1.82, 2.24) is 0 Å². The fraction of sp³-hybridized carbons (Fsp3) is 0.611. The summed E-state index contributed by atoms with van der Waals surface area (Å²) in [4.78, 5) is 12.5. The number of aliphatic hydroxyl groups excluding tert-OH is 1. The molecule has 3 rings (SSSR count). The standard InChI is InChI=1S/C18H24O3/c1-17(11-19)9-6-10-18(2)13-8-5-4-7-12(13)14(15(17)18)16(20)21-3/h4-5,7-8,14-15,19H,6,9-11H2,1-3H3. The minimum absolute atomic E-state index is 0.0504. The van der Waals surface area contributed by atoms with Crippen molar-refractivity contribution in [2.75, 3.05) is 13.7 Å². The third-order valence-electron chi connectivity index (χ3n) is 5.94. The second-order valence-electron chi connectivity index (χ2n) is 7.15. The van der Waals surface area contributed by atoms with Crippen LogP contribution in [0.3, 0.4) is 0 Å². The molecule has 0 heterocycles. The fourth-order valence-electron chi connectivity index (χ4n) is 5.05. The zero-order valence-electron chi connectivity index (χ0n) is 13.1. The molecule has 0 aromatic heterocycles. The van der Waals surface area contributed by atoms with Crippen molar-refractivity contribution < 1.29 is 14.6 Å². The van der Waals surface area contributed by atoms with Gasteiger partial charge >= 0.3 is 5.97 Å². The first kappa shape index (κ1) is 14.6. The van der Waals surface area contributed by atoms with Crippen molar-refractivity contribution >= 4 is 5.97 Å². The molecular formula is C18H24O3. The van der Waals surface area contributed by atoms with E-state index in [0.717, 1.165) is 24.8 Å². The van der Waals surface area contributed by atoms with Crippen LogP contribution in [-0.2, 0) is 14.9 Å². The van der Waals surface area contributed by atoms with Crippen LogP contribution in [0.25, 0.3) is 0 Å². The van der Waals surface area contributed by atoms with Crippen molar-refractivity contribution in [2.24, 2.45) is 11.3 Å². The summed E-state index contributed by atoms with van der Waals surface area (Å²) < 4.78 is 5.10. The van der Waals surface area contributed by atoms with Gasteiger partial charge in [-0.05, 0) is 40.7 Å². The maximum absolute atomic E-state index is 12.5. The summed E-state index contributed by atoms with van der Waals surface area (Å²) in [5.41, 5.74) is 2.08. The van der Waals surface area contributed by atoms with Gasteiger partial charge in [-0.15, -0.1) is 0 Å². The number of carbonyl (C=O) groups is 1. The number of esters is 1. The molecule has 3 heteroatoms. The third kappa shape index (κ3) is 1.87. The number of hydrogen-bond donors (Lipinski definition) is 1. The zero-order chi connectivity index (χ0) is 15.3. The van der Waals surface area contributed by atoms with E-state index in [0.29, 0.717) is 0 Å². The Morgan fingerprint density at radius 1 is 1.33 bits per heavy atom. The van der Waals surface area contributed by atoms with E-state index in [-0.39, 0.29) is 35.2 Å². The number of aliphatic hydroxyl groups is 1. The van der Waals surface area contributed by atoms with Gasteiger partial charge in [-0.3, -0.25) is 4.79 Å². The molecule has 1 aromatic carbocycles. The molecule has 0 aliphatic heterocycles. The number of carbonyl (C=O) groups excluding carboxylic acids is 1. The lowest BCUT2D eigenvalue weighted by molar-refractivity contribution is -0.147. The normalized spacial score (nSPS) is 37.7. The molecule has 21 heavy (non-hydrogen) atoms. The number of ether oxygens (including phenoxy) is 1. The van der Waals surface area contributed by atoms with Crippen LogP contribution in [0.5, 0.6) is 0 Å². The van der Waals surface area contributed by atoms with Crippen molar-refractivity contribution in [2.45, 2.75) is 44.4 Å². The van der Waals surface area contributed by atoms with Gasteiger partial charge in [-0.25, -0.2) is 0 Å². The molecule has 4 atom stereocenters. The number of fused-ring (bicyclic) bond motifs is 3. The fourth-order valence-corrected chi connectivity index (χ4v) is 5.05. The second kappa shape index (κ2) is 4.84. The number of benzene rings is 1. The minimum Gasteiger partial charge on any atom is -0.469 e. The van der Waals surface area contributed by atoms with E-state index in [1.807, 2.05) is 12.1 Å². The lowest BCUT2D eigenvalue weighted by atomic mass is 9.54. The molecule has 0 amide bonds. The minimum atomic E-state index is -0.256. The van der Waals surface area contributed by atoms with Gasteiger partial charge in [0, 0.05) is 6.61 Å². The Morgan fingerprint density at radius 2 is 2.05 bits per heavy atom. The molecule has 0 saturated heterocycles. The van der Waals surface area contributed by atoms with Crippen molar-refractivity contribution in [3.63, 3.8) is 0 Å². The lowest BCUT2D eigenvalue weighted by Crippen LogP contribution is -2.48. The van der Waals surface area contributed by atoms with E-state index >= 15 is 0 Å². The Bertz CT molecular complexity index is 567. The van der Waals surface area contributed by atoms with Crippen LogP contribution in [0.15, 0.2) is 24.3 Å². The first-order valence-corrected chi connectivity index (χ1v) is 7.76. The molecular weight excluding hydrogens is 264 g/mol. The predicted molar refractivity (Wildman–Crippen MR) is 81.1 cm³/mol. The molecule has 3 nitrogen and oxygen atoms in total. The van der Waals surface area contributed by atoms with Crippen LogP contribution >= 0.6 is 0 Å². The molecule has 0 bridgehead atoms. The highest BCUT2D eigenvalue weighted by Crippen LogP contribution is 2.63. The Hall–Kier alpha value is -1.35. The topological polar surface area (TPSA) is 46.5 Å². The van der Waals surface area contributed by atoms with Gasteiger partial charge in [0.05, 0.1) is 13.0 Å². The van der Waals surface area contributed by atoms with Gasteiger partial charge in [0.1, 0.15) is 0 Å². The Balaban J connectivity index is 2.21. The van der Waals surface area contributed by atoms with Gasteiger partial charge in [0.15, 0.2) is 0 Å². The summed E-state index contributed by atoms with van der Waals surface area (Å²) in [5, 5.41) is 10.0.